The molecule has 1 spiro atoms. The highest BCUT2D eigenvalue weighted by atomic mass is 16.5. The van der Waals surface area contributed by atoms with Crippen LogP contribution in [-0.4, -0.2) is 96.5 Å². The molecule has 3 saturated heterocycles. The summed E-state index contributed by atoms with van der Waals surface area (Å²) in [6.07, 6.45) is 4.74. The van der Waals surface area contributed by atoms with Crippen LogP contribution in [0.3, 0.4) is 0 Å². The zero-order valence-electron chi connectivity index (χ0n) is 31.1. The van der Waals surface area contributed by atoms with Crippen molar-refractivity contribution in [3.8, 4) is 22.6 Å². The molecule has 14 nitrogen and oxygen atoms in total. The van der Waals surface area contributed by atoms with E-state index in [1.165, 1.54) is 0 Å². The van der Waals surface area contributed by atoms with Gasteiger partial charge in [0.2, 0.25) is 5.91 Å². The van der Waals surface area contributed by atoms with Crippen molar-refractivity contribution >= 4 is 29.4 Å². The van der Waals surface area contributed by atoms with E-state index in [1.54, 1.807) is 49.9 Å². The molecule has 0 aliphatic carbocycles. The van der Waals surface area contributed by atoms with Crippen molar-refractivity contribution < 1.29 is 28.7 Å². The number of piperidine rings is 2. The second-order valence-electron chi connectivity index (χ2n) is 15.2. The molecule has 1 aromatic heterocycles. The largest absolute Gasteiger partial charge is 0.496 e. The minimum Gasteiger partial charge on any atom is -0.496 e. The van der Waals surface area contributed by atoms with E-state index in [0.717, 1.165) is 71.9 Å². The van der Waals surface area contributed by atoms with Gasteiger partial charge in [-0.25, -0.2) is 4.79 Å². The van der Waals surface area contributed by atoms with Gasteiger partial charge in [0.05, 0.1) is 37.5 Å². The Labute approximate surface area is 313 Å². The van der Waals surface area contributed by atoms with E-state index < -0.39 is 17.9 Å². The van der Waals surface area contributed by atoms with E-state index >= 15 is 0 Å². The van der Waals surface area contributed by atoms with Gasteiger partial charge in [-0.3, -0.25) is 29.0 Å². The van der Waals surface area contributed by atoms with E-state index in [2.05, 4.69) is 27.0 Å². The predicted octanol–water partition coefficient (Wildman–Crippen LogP) is 3.22. The van der Waals surface area contributed by atoms with E-state index in [-0.39, 0.29) is 29.5 Å². The molecule has 54 heavy (non-hydrogen) atoms. The van der Waals surface area contributed by atoms with Crippen LogP contribution in [0.15, 0.2) is 53.6 Å². The van der Waals surface area contributed by atoms with Crippen LogP contribution >= 0.6 is 0 Å². The van der Waals surface area contributed by atoms with Gasteiger partial charge in [0, 0.05) is 74.4 Å². The number of benzene rings is 2. The van der Waals surface area contributed by atoms with Crippen molar-refractivity contribution in [2.24, 2.45) is 12.5 Å². The van der Waals surface area contributed by atoms with Crippen LogP contribution < -0.4 is 30.6 Å². The number of hydrogen-bond acceptors (Lipinski definition) is 9. The molecule has 8 rings (SSSR count). The zero-order chi connectivity index (χ0) is 38.1. The standard InChI is InChI=1S/C40H45N7O7/c1-23-6-9-32(35(48)42-23)47-37(50)26-8-7-25(16-27(26)38(47)51)46-21-40(22-46)10-12-44(13-11-40)18-31-33(53-4)14-24(15-34(31)54-5)28-17-43(3)36(49)30-20-45(19-29(28)30)39(52)41-2/h7-8,14-17,32H,1,6,9-13,18-22H2,2-5H3,(H,41,52)(H,42,48)/t32-/m1/s1. The summed E-state index contributed by atoms with van der Waals surface area (Å²) in [5, 5.41) is 5.34. The first-order valence-electron chi connectivity index (χ1n) is 18.4. The molecule has 282 valence electrons. The van der Waals surface area contributed by atoms with Crippen LogP contribution in [0.4, 0.5) is 10.5 Å². The predicted molar refractivity (Wildman–Crippen MR) is 200 cm³/mol. The average Bonchev–Trinajstić information content (AvgIpc) is 3.71. The number of likely N-dealkylation sites (tertiary alicyclic amines) is 1. The van der Waals surface area contributed by atoms with Crippen LogP contribution in [0.25, 0.3) is 11.1 Å². The lowest BCUT2D eigenvalue weighted by atomic mass is 9.71. The molecule has 5 amide bonds. The second-order valence-corrected chi connectivity index (χ2v) is 15.2. The number of allylic oxidation sites excluding steroid dienone is 1. The van der Waals surface area contributed by atoms with Gasteiger partial charge in [-0.05, 0) is 80.2 Å². The maximum absolute atomic E-state index is 13.4. The maximum Gasteiger partial charge on any atom is 0.317 e. The van der Waals surface area contributed by atoms with Crippen molar-refractivity contribution in [2.45, 2.75) is 51.4 Å². The molecule has 6 heterocycles. The van der Waals surface area contributed by atoms with Crippen molar-refractivity contribution in [3.63, 3.8) is 0 Å². The van der Waals surface area contributed by atoms with E-state index in [4.69, 9.17) is 9.47 Å². The number of carbonyl (C=O) groups is 4. The van der Waals surface area contributed by atoms with Gasteiger partial charge in [0.15, 0.2) is 0 Å². The third-order valence-electron chi connectivity index (χ3n) is 12.0. The third-order valence-corrected chi connectivity index (χ3v) is 12.0. The summed E-state index contributed by atoms with van der Waals surface area (Å²) in [4.78, 5) is 72.2. The monoisotopic (exact) mass is 735 g/mol. The Kier molecular flexibility index (Phi) is 8.75. The number of pyridine rings is 1. The highest BCUT2D eigenvalue weighted by Gasteiger charge is 2.47. The number of nitrogens with one attached hydrogen (secondary N) is 2. The number of carbonyl (C=O) groups excluding carboxylic acids is 4. The number of hydrogen-bond donors (Lipinski definition) is 2. The first-order chi connectivity index (χ1) is 25.9. The summed E-state index contributed by atoms with van der Waals surface area (Å²) in [6, 6.07) is 8.35. The molecule has 2 N–H and O–H groups in total. The topological polar surface area (TPSA) is 146 Å². The van der Waals surface area contributed by atoms with Gasteiger partial charge in [-0.1, -0.05) is 6.58 Å². The maximum atomic E-state index is 13.4. The lowest BCUT2D eigenvalue weighted by Gasteiger charge is -2.55. The zero-order valence-corrected chi connectivity index (χ0v) is 31.1. The normalized spacial score (nSPS) is 20.5. The number of ether oxygens (including phenoxy) is 2. The van der Waals surface area contributed by atoms with Gasteiger partial charge < -0.3 is 34.5 Å². The molecule has 0 unspecified atom stereocenters. The number of anilines is 1. The smallest absolute Gasteiger partial charge is 0.317 e. The van der Waals surface area contributed by atoms with E-state index in [9.17, 15) is 24.0 Å². The number of methoxy groups -OCH3 is 2. The number of amides is 5. The molecule has 5 aliphatic rings. The Hall–Kier alpha value is -5.63. The summed E-state index contributed by atoms with van der Waals surface area (Å²) in [5.41, 5.74) is 6.35. The van der Waals surface area contributed by atoms with Crippen molar-refractivity contribution in [2.75, 3.05) is 52.3 Å². The molecular weight excluding hydrogens is 690 g/mol. The van der Waals surface area contributed by atoms with Gasteiger partial charge in [-0.15, -0.1) is 0 Å². The second kappa shape index (κ2) is 13.3. The summed E-state index contributed by atoms with van der Waals surface area (Å²) in [5.74, 6) is 0.181. The molecule has 0 bridgehead atoms. The van der Waals surface area contributed by atoms with Crippen LogP contribution in [0.2, 0.25) is 0 Å². The molecular formula is C40H45N7O7. The number of urea groups is 1. The Morgan fingerprint density at radius 1 is 0.944 bits per heavy atom. The Morgan fingerprint density at radius 2 is 1.61 bits per heavy atom. The molecule has 1 atom stereocenters. The van der Waals surface area contributed by atoms with Gasteiger partial charge in [-0.2, -0.15) is 0 Å². The van der Waals surface area contributed by atoms with Gasteiger partial charge >= 0.3 is 6.03 Å². The minimum absolute atomic E-state index is 0.114. The van der Waals surface area contributed by atoms with Crippen molar-refractivity contribution in [1.82, 2.24) is 29.9 Å². The van der Waals surface area contributed by atoms with Crippen LogP contribution in [0.1, 0.15) is 63.1 Å². The molecule has 3 aromatic rings. The number of fused-ring (bicyclic) bond motifs is 2. The summed E-state index contributed by atoms with van der Waals surface area (Å²) in [6.45, 7) is 8.55. The van der Waals surface area contributed by atoms with Crippen LogP contribution in [0.5, 0.6) is 11.5 Å². The Bertz CT molecular complexity index is 2150. The quantitative estimate of drug-likeness (QED) is 0.350. The first kappa shape index (κ1) is 35.4. The van der Waals surface area contributed by atoms with E-state index in [0.29, 0.717) is 59.8 Å². The molecule has 3 fully saturated rings. The number of rotatable bonds is 7. The lowest BCUT2D eigenvalue weighted by Crippen LogP contribution is -2.60. The molecule has 2 aromatic carbocycles. The van der Waals surface area contributed by atoms with Gasteiger partial charge in [0.25, 0.3) is 17.4 Å². The Morgan fingerprint density at radius 3 is 2.26 bits per heavy atom. The minimum atomic E-state index is -0.828. The molecule has 0 radical (unpaired) electrons. The lowest BCUT2D eigenvalue weighted by molar-refractivity contribution is -0.125. The highest BCUT2D eigenvalue weighted by Crippen LogP contribution is 2.45. The summed E-state index contributed by atoms with van der Waals surface area (Å²) < 4.78 is 13.5. The first-order valence-corrected chi connectivity index (χ1v) is 18.4. The third kappa shape index (κ3) is 5.79. The summed E-state index contributed by atoms with van der Waals surface area (Å²) in [7, 11) is 6.61. The number of aromatic nitrogens is 1. The van der Waals surface area contributed by atoms with Crippen LogP contribution in [-0.2, 0) is 31.5 Å². The SMILES string of the molecule is C=C1CC[C@@H](N2C(=O)c3ccc(N4CC5(CCN(Cc6c(OC)cc(-c7cn(C)c(=O)c8c7CN(C(=O)NC)C8)cc6OC)CC5)C4)cc3C2=O)C(=O)N1. The molecule has 5 aliphatic heterocycles. The molecule has 0 saturated carbocycles. The number of aryl methyl sites for hydroxylation is 1. The van der Waals surface area contributed by atoms with Crippen molar-refractivity contribution in [1.29, 1.82) is 0 Å². The fourth-order valence-electron chi connectivity index (χ4n) is 8.87. The number of imide groups is 1. The van der Waals surface area contributed by atoms with E-state index in [1.807, 2.05) is 24.4 Å². The summed E-state index contributed by atoms with van der Waals surface area (Å²) >= 11 is 0. The Balaban J connectivity index is 0.936. The molecule has 14 heteroatoms. The van der Waals surface area contributed by atoms with Crippen molar-refractivity contribution in [3.05, 3.63) is 87.0 Å². The fraction of sp³-hybridized carbons (Fsp3) is 0.425. The van der Waals surface area contributed by atoms with Gasteiger partial charge in [0.1, 0.15) is 17.5 Å². The van der Waals surface area contributed by atoms with Crippen LogP contribution in [0, 0.1) is 5.41 Å². The number of nitrogens with zero attached hydrogens (tertiary/aromatic N) is 5. The average molecular weight is 736 g/mol. The fourth-order valence-corrected chi connectivity index (χ4v) is 8.87. The highest BCUT2D eigenvalue weighted by molar-refractivity contribution is 6.23.